The summed E-state index contributed by atoms with van der Waals surface area (Å²) in [6, 6.07) is 10.8. The van der Waals surface area contributed by atoms with Gasteiger partial charge in [0.2, 0.25) is 0 Å². The van der Waals surface area contributed by atoms with E-state index in [0.29, 0.717) is 11.5 Å². The number of hydrogen-bond donors (Lipinski definition) is 0. The molecule has 2 aliphatic rings. The fourth-order valence-electron chi connectivity index (χ4n) is 3.35. The van der Waals surface area contributed by atoms with Crippen LogP contribution in [-0.2, 0) is 10.3 Å². The maximum absolute atomic E-state index is 6.08. The van der Waals surface area contributed by atoms with Crippen molar-refractivity contribution in [3.05, 3.63) is 35.9 Å². The molecule has 1 heterocycles. The van der Waals surface area contributed by atoms with Crippen molar-refractivity contribution in [3.63, 3.8) is 0 Å². The summed E-state index contributed by atoms with van der Waals surface area (Å²) in [7, 11) is 0. The Hall–Kier alpha value is -0.820. The monoisotopic (exact) mass is 230 g/mol. The van der Waals surface area contributed by atoms with Gasteiger partial charge in [-0.2, -0.15) is 0 Å². The summed E-state index contributed by atoms with van der Waals surface area (Å²) in [5.74, 6) is 0.812. The molecule has 17 heavy (non-hydrogen) atoms. The Morgan fingerprint density at radius 3 is 2.47 bits per heavy atom. The number of rotatable bonds is 1. The van der Waals surface area contributed by atoms with Gasteiger partial charge in [-0.3, -0.25) is 0 Å². The smallest absolute Gasteiger partial charge is 0.120 e. The van der Waals surface area contributed by atoms with Gasteiger partial charge in [0.25, 0.3) is 0 Å². The number of epoxide rings is 1. The molecule has 1 aromatic rings. The molecule has 3 rings (SSSR count). The van der Waals surface area contributed by atoms with E-state index in [2.05, 4.69) is 51.1 Å². The summed E-state index contributed by atoms with van der Waals surface area (Å²) in [4.78, 5) is 0. The quantitative estimate of drug-likeness (QED) is 0.661. The molecule has 0 amide bonds. The summed E-state index contributed by atoms with van der Waals surface area (Å²) in [5.41, 5.74) is 1.90. The van der Waals surface area contributed by atoms with E-state index in [1.807, 2.05) is 0 Å². The number of hydrogen-bond acceptors (Lipinski definition) is 1. The van der Waals surface area contributed by atoms with Crippen molar-refractivity contribution in [1.82, 2.24) is 0 Å². The highest BCUT2D eigenvalue weighted by Crippen LogP contribution is 2.58. The van der Waals surface area contributed by atoms with E-state index >= 15 is 0 Å². The van der Waals surface area contributed by atoms with E-state index in [0.717, 1.165) is 5.92 Å². The Kier molecular flexibility index (Phi) is 2.38. The molecule has 1 nitrogen and oxygen atoms in total. The zero-order chi connectivity index (χ0) is 12.1. The molecule has 1 heteroatoms. The second-order valence-corrected chi connectivity index (χ2v) is 6.70. The van der Waals surface area contributed by atoms with E-state index in [4.69, 9.17) is 4.74 Å². The lowest BCUT2D eigenvalue weighted by molar-refractivity contribution is 0.179. The van der Waals surface area contributed by atoms with Gasteiger partial charge in [0.05, 0.1) is 6.10 Å². The standard InChI is InChI=1S/C16H22O/c1-15(2,3)13-9-10-16(14(11-13)17-16)12-7-5-4-6-8-12/h4-8,13-14H,9-11H2,1-3H3/t13-,14+,16+/m0/s1. The van der Waals surface area contributed by atoms with Crippen LogP contribution in [0, 0.1) is 11.3 Å². The Balaban J connectivity index is 1.77. The summed E-state index contributed by atoms with van der Waals surface area (Å²) in [6.45, 7) is 7.07. The van der Waals surface area contributed by atoms with Crippen LogP contribution < -0.4 is 0 Å². The Morgan fingerprint density at radius 2 is 1.88 bits per heavy atom. The zero-order valence-electron chi connectivity index (χ0n) is 11.1. The average molecular weight is 230 g/mol. The van der Waals surface area contributed by atoms with Gasteiger partial charge in [-0.05, 0) is 36.2 Å². The van der Waals surface area contributed by atoms with Crippen LogP contribution in [0.1, 0.15) is 45.6 Å². The molecule has 0 N–H and O–H groups in total. The average Bonchev–Trinajstić information content (AvgIpc) is 3.03. The number of benzene rings is 1. The molecule has 0 unspecified atom stereocenters. The third-order valence-electron chi connectivity index (χ3n) is 4.67. The second-order valence-electron chi connectivity index (χ2n) is 6.70. The van der Waals surface area contributed by atoms with Gasteiger partial charge in [-0.15, -0.1) is 0 Å². The minimum absolute atomic E-state index is 0.0863. The first-order valence-corrected chi connectivity index (χ1v) is 6.76. The summed E-state index contributed by atoms with van der Waals surface area (Å²) in [6.07, 6.45) is 4.21. The largest absolute Gasteiger partial charge is 0.361 e. The molecule has 1 aliphatic heterocycles. The lowest BCUT2D eigenvalue weighted by atomic mass is 9.69. The highest BCUT2D eigenvalue weighted by molar-refractivity contribution is 5.30. The fourth-order valence-corrected chi connectivity index (χ4v) is 3.35. The maximum Gasteiger partial charge on any atom is 0.120 e. The van der Waals surface area contributed by atoms with Gasteiger partial charge in [0, 0.05) is 0 Å². The first kappa shape index (κ1) is 11.3. The van der Waals surface area contributed by atoms with Crippen LogP contribution in [0.3, 0.4) is 0 Å². The van der Waals surface area contributed by atoms with Crippen LogP contribution >= 0.6 is 0 Å². The van der Waals surface area contributed by atoms with Crippen LogP contribution in [0.2, 0.25) is 0 Å². The van der Waals surface area contributed by atoms with Gasteiger partial charge >= 0.3 is 0 Å². The van der Waals surface area contributed by atoms with Gasteiger partial charge in [-0.1, -0.05) is 51.1 Å². The molecule has 0 radical (unpaired) electrons. The zero-order valence-corrected chi connectivity index (χ0v) is 11.1. The first-order valence-electron chi connectivity index (χ1n) is 6.76. The molecule has 1 saturated heterocycles. The predicted molar refractivity (Wildman–Crippen MR) is 69.8 cm³/mol. The summed E-state index contributed by atoms with van der Waals surface area (Å²) >= 11 is 0. The second kappa shape index (κ2) is 3.58. The van der Waals surface area contributed by atoms with Crippen molar-refractivity contribution >= 4 is 0 Å². The number of ether oxygens (including phenoxy) is 1. The molecule has 0 aromatic heterocycles. The van der Waals surface area contributed by atoms with E-state index in [9.17, 15) is 0 Å². The Morgan fingerprint density at radius 1 is 1.18 bits per heavy atom. The van der Waals surface area contributed by atoms with Crippen LogP contribution in [0.5, 0.6) is 0 Å². The van der Waals surface area contributed by atoms with Crippen molar-refractivity contribution < 1.29 is 4.74 Å². The lowest BCUT2D eigenvalue weighted by Crippen LogP contribution is -2.30. The Bertz CT molecular complexity index is 403. The van der Waals surface area contributed by atoms with E-state index in [1.165, 1.54) is 24.8 Å². The topological polar surface area (TPSA) is 12.5 Å². The maximum atomic E-state index is 6.08. The van der Waals surface area contributed by atoms with E-state index in [1.54, 1.807) is 0 Å². The van der Waals surface area contributed by atoms with Crippen LogP contribution in [0.4, 0.5) is 0 Å². The van der Waals surface area contributed by atoms with Gasteiger partial charge in [-0.25, -0.2) is 0 Å². The van der Waals surface area contributed by atoms with Crippen molar-refractivity contribution in [3.8, 4) is 0 Å². The van der Waals surface area contributed by atoms with Crippen molar-refractivity contribution in [2.24, 2.45) is 11.3 Å². The summed E-state index contributed by atoms with van der Waals surface area (Å²) in [5, 5.41) is 0. The SMILES string of the molecule is CC(C)(C)[C@H]1CC[C@]2(c3ccccc3)O[C@@H]2C1. The Labute approximate surface area is 104 Å². The van der Waals surface area contributed by atoms with Gasteiger partial charge in [0.1, 0.15) is 5.60 Å². The molecule has 0 spiro atoms. The van der Waals surface area contributed by atoms with Crippen LogP contribution in [0.25, 0.3) is 0 Å². The molecule has 92 valence electrons. The molecule has 1 aromatic carbocycles. The molecule has 0 bridgehead atoms. The van der Waals surface area contributed by atoms with Crippen molar-refractivity contribution in [2.75, 3.05) is 0 Å². The minimum atomic E-state index is 0.0863. The van der Waals surface area contributed by atoms with E-state index in [-0.39, 0.29) is 5.60 Å². The highest BCUT2D eigenvalue weighted by Gasteiger charge is 2.60. The number of fused-ring (bicyclic) bond motifs is 1. The lowest BCUT2D eigenvalue weighted by Gasteiger charge is -2.34. The molecule has 3 atom stereocenters. The van der Waals surface area contributed by atoms with Gasteiger partial charge < -0.3 is 4.74 Å². The molecule has 2 fully saturated rings. The molecular weight excluding hydrogens is 208 g/mol. The molecule has 1 aliphatic carbocycles. The van der Waals surface area contributed by atoms with Crippen LogP contribution in [0.15, 0.2) is 30.3 Å². The normalized spacial score (nSPS) is 36.4. The highest BCUT2D eigenvalue weighted by atomic mass is 16.6. The summed E-state index contributed by atoms with van der Waals surface area (Å²) < 4.78 is 6.08. The van der Waals surface area contributed by atoms with Crippen LogP contribution in [-0.4, -0.2) is 6.10 Å². The van der Waals surface area contributed by atoms with Crippen molar-refractivity contribution in [1.29, 1.82) is 0 Å². The molecule has 1 saturated carbocycles. The van der Waals surface area contributed by atoms with E-state index < -0.39 is 0 Å². The van der Waals surface area contributed by atoms with Gasteiger partial charge in [0.15, 0.2) is 0 Å². The first-order chi connectivity index (χ1) is 8.02. The minimum Gasteiger partial charge on any atom is -0.361 e. The third kappa shape index (κ3) is 1.81. The predicted octanol–water partition coefficient (Wildman–Crippen LogP) is 4.13. The van der Waals surface area contributed by atoms with Crippen molar-refractivity contribution in [2.45, 2.75) is 51.7 Å². The third-order valence-corrected chi connectivity index (χ3v) is 4.67. The molecular formula is C16H22O. The fraction of sp³-hybridized carbons (Fsp3) is 0.625.